The van der Waals surface area contributed by atoms with Crippen molar-refractivity contribution in [3.05, 3.63) is 64.1 Å². The van der Waals surface area contributed by atoms with E-state index in [1.54, 1.807) is 20.0 Å². The van der Waals surface area contributed by atoms with Crippen LogP contribution in [-0.4, -0.2) is 27.7 Å². The molecular weight excluding hydrogens is 442 g/mol. The lowest BCUT2D eigenvalue weighted by Crippen LogP contribution is -2.34. The summed E-state index contributed by atoms with van der Waals surface area (Å²) in [6.07, 6.45) is 1.52. The third-order valence-corrected chi connectivity index (χ3v) is 6.59. The van der Waals surface area contributed by atoms with Gasteiger partial charge >= 0.3 is 6.01 Å². The van der Waals surface area contributed by atoms with E-state index in [1.165, 1.54) is 37.6 Å². The monoisotopic (exact) mass is 464 g/mol. The topological polar surface area (TPSA) is 103 Å². The average Bonchev–Trinajstić information content (AvgIpc) is 2.66. The van der Waals surface area contributed by atoms with Gasteiger partial charge in [-0.15, -0.1) is 0 Å². The van der Waals surface area contributed by atoms with Gasteiger partial charge in [0, 0.05) is 36.5 Å². The fraction of sp³-hybridized carbons (Fsp3) is 0.286. The highest BCUT2D eigenvalue weighted by Crippen LogP contribution is 2.28. The molecule has 3 rings (SSSR count). The number of pyridine rings is 1. The van der Waals surface area contributed by atoms with Crippen LogP contribution in [0.3, 0.4) is 0 Å². The molecule has 0 unspecified atom stereocenters. The summed E-state index contributed by atoms with van der Waals surface area (Å²) >= 11 is 0. The molecule has 1 aromatic carbocycles. The van der Waals surface area contributed by atoms with Gasteiger partial charge in [0.05, 0.1) is 10.4 Å². The van der Waals surface area contributed by atoms with Gasteiger partial charge in [-0.3, -0.25) is 9.52 Å². The summed E-state index contributed by atoms with van der Waals surface area (Å²) in [7, 11) is -2.29. The molecule has 0 aliphatic carbocycles. The Morgan fingerprint density at radius 2 is 1.78 bits per heavy atom. The van der Waals surface area contributed by atoms with Crippen LogP contribution in [0.2, 0.25) is 0 Å². The molecule has 0 amide bonds. The second-order valence-electron chi connectivity index (χ2n) is 8.14. The quantitative estimate of drug-likeness (QED) is 0.617. The van der Waals surface area contributed by atoms with Crippen molar-refractivity contribution in [3.63, 3.8) is 0 Å². The van der Waals surface area contributed by atoms with Gasteiger partial charge in [0.2, 0.25) is 10.0 Å². The standard InChI is InChI=1S/C21H22F2N4O4S/c1-12-8-13(11-27(5)19(12)28)16-10-18(26-32(29,30)21(2,3)4)25-20(24-16)31-17-7-6-14(22)9-15(17)23/h6-11H,1-5H3,(H,24,25,26). The Morgan fingerprint density at radius 3 is 2.38 bits per heavy atom. The van der Waals surface area contributed by atoms with Gasteiger partial charge in [-0.2, -0.15) is 9.97 Å². The van der Waals surface area contributed by atoms with E-state index in [-0.39, 0.29) is 28.8 Å². The van der Waals surface area contributed by atoms with E-state index in [2.05, 4.69) is 14.7 Å². The van der Waals surface area contributed by atoms with Crippen LogP contribution < -0.4 is 15.0 Å². The molecule has 11 heteroatoms. The van der Waals surface area contributed by atoms with Crippen LogP contribution in [0.4, 0.5) is 14.6 Å². The number of aryl methyl sites for hydroxylation is 2. The number of nitrogens with zero attached hydrogens (tertiary/aromatic N) is 3. The van der Waals surface area contributed by atoms with Crippen LogP contribution in [0.1, 0.15) is 26.3 Å². The molecule has 0 aliphatic heterocycles. The summed E-state index contributed by atoms with van der Waals surface area (Å²) in [4.78, 5) is 20.3. The molecule has 1 N–H and O–H groups in total. The van der Waals surface area contributed by atoms with E-state index in [0.29, 0.717) is 17.2 Å². The molecule has 32 heavy (non-hydrogen) atoms. The number of hydrogen-bond donors (Lipinski definition) is 1. The van der Waals surface area contributed by atoms with E-state index in [1.807, 2.05) is 0 Å². The summed E-state index contributed by atoms with van der Waals surface area (Å²) in [6.45, 7) is 6.17. The number of benzene rings is 1. The first-order valence-electron chi connectivity index (χ1n) is 9.49. The third kappa shape index (κ3) is 4.93. The summed E-state index contributed by atoms with van der Waals surface area (Å²) in [6, 6.07) is 5.29. The minimum atomic E-state index is -3.85. The van der Waals surface area contributed by atoms with E-state index < -0.39 is 26.4 Å². The second kappa shape index (κ2) is 8.30. The molecule has 170 valence electrons. The van der Waals surface area contributed by atoms with Crippen molar-refractivity contribution in [2.75, 3.05) is 4.72 Å². The molecule has 0 fully saturated rings. The van der Waals surface area contributed by atoms with Gasteiger partial charge < -0.3 is 9.30 Å². The molecule has 0 radical (unpaired) electrons. The van der Waals surface area contributed by atoms with Crippen molar-refractivity contribution >= 4 is 15.8 Å². The molecule has 2 heterocycles. The number of ether oxygens (including phenoxy) is 1. The third-order valence-electron chi connectivity index (χ3n) is 4.50. The Kier molecular flexibility index (Phi) is 6.05. The number of anilines is 1. The van der Waals surface area contributed by atoms with Gasteiger partial charge in [-0.25, -0.2) is 17.2 Å². The maximum Gasteiger partial charge on any atom is 0.324 e. The van der Waals surface area contributed by atoms with Gasteiger partial charge in [0.1, 0.15) is 11.6 Å². The smallest absolute Gasteiger partial charge is 0.324 e. The first-order valence-corrected chi connectivity index (χ1v) is 11.0. The summed E-state index contributed by atoms with van der Waals surface area (Å²) in [5, 5.41) is 0. The van der Waals surface area contributed by atoms with Crippen molar-refractivity contribution in [2.24, 2.45) is 7.05 Å². The number of halogens is 2. The van der Waals surface area contributed by atoms with Crippen LogP contribution in [0.5, 0.6) is 11.8 Å². The van der Waals surface area contributed by atoms with Crippen molar-refractivity contribution < 1.29 is 21.9 Å². The minimum absolute atomic E-state index is 0.117. The first kappa shape index (κ1) is 23.3. The zero-order valence-electron chi connectivity index (χ0n) is 18.1. The lowest BCUT2D eigenvalue weighted by atomic mass is 10.1. The molecule has 0 aliphatic rings. The van der Waals surface area contributed by atoms with Crippen LogP contribution in [0, 0.1) is 18.6 Å². The van der Waals surface area contributed by atoms with Gasteiger partial charge in [0.25, 0.3) is 5.56 Å². The SMILES string of the molecule is Cc1cc(-c2cc(NS(=O)(=O)C(C)(C)C)nc(Oc3ccc(F)cc3F)n2)cn(C)c1=O. The van der Waals surface area contributed by atoms with Gasteiger partial charge in [0.15, 0.2) is 11.6 Å². The first-order chi connectivity index (χ1) is 14.8. The second-order valence-corrected chi connectivity index (χ2v) is 10.6. The van der Waals surface area contributed by atoms with Crippen LogP contribution >= 0.6 is 0 Å². The molecule has 3 aromatic rings. The zero-order chi connectivity index (χ0) is 23.8. The Balaban J connectivity index is 2.14. The number of hydrogen-bond acceptors (Lipinski definition) is 6. The molecule has 0 atom stereocenters. The van der Waals surface area contributed by atoms with Gasteiger partial charge in [-0.05, 0) is 45.9 Å². The molecule has 2 aromatic heterocycles. The zero-order valence-corrected chi connectivity index (χ0v) is 18.9. The van der Waals surface area contributed by atoms with Crippen molar-refractivity contribution in [1.82, 2.24) is 14.5 Å². The van der Waals surface area contributed by atoms with E-state index in [0.717, 1.165) is 12.1 Å². The predicted octanol–water partition coefficient (Wildman–Crippen LogP) is 3.76. The Labute approximate surface area is 184 Å². The molecule has 0 spiro atoms. The lowest BCUT2D eigenvalue weighted by Gasteiger charge is -2.20. The fourth-order valence-electron chi connectivity index (χ4n) is 2.64. The molecule has 0 bridgehead atoms. The highest BCUT2D eigenvalue weighted by molar-refractivity contribution is 7.94. The highest BCUT2D eigenvalue weighted by atomic mass is 32.2. The van der Waals surface area contributed by atoms with E-state index in [4.69, 9.17) is 4.74 Å². The van der Waals surface area contributed by atoms with Crippen LogP contribution in [-0.2, 0) is 17.1 Å². The molecule has 0 saturated carbocycles. The predicted molar refractivity (Wildman–Crippen MR) is 116 cm³/mol. The summed E-state index contributed by atoms with van der Waals surface area (Å²) in [5.41, 5.74) is 0.935. The van der Waals surface area contributed by atoms with Crippen molar-refractivity contribution in [1.29, 1.82) is 0 Å². The maximum atomic E-state index is 14.1. The van der Waals surface area contributed by atoms with E-state index in [9.17, 15) is 22.0 Å². The number of aromatic nitrogens is 3. The normalized spacial score (nSPS) is 12.0. The molecule has 8 nitrogen and oxygen atoms in total. The summed E-state index contributed by atoms with van der Waals surface area (Å²) < 4.78 is 60.5. The minimum Gasteiger partial charge on any atom is -0.421 e. The Morgan fingerprint density at radius 1 is 1.09 bits per heavy atom. The Hall–Kier alpha value is -3.34. The number of sulfonamides is 1. The van der Waals surface area contributed by atoms with Crippen molar-refractivity contribution in [2.45, 2.75) is 32.4 Å². The summed E-state index contributed by atoms with van der Waals surface area (Å²) in [5.74, 6) is -2.23. The van der Waals surface area contributed by atoms with Crippen LogP contribution in [0.15, 0.2) is 41.3 Å². The molecule has 0 saturated heterocycles. The van der Waals surface area contributed by atoms with Crippen LogP contribution in [0.25, 0.3) is 11.3 Å². The largest absolute Gasteiger partial charge is 0.421 e. The maximum absolute atomic E-state index is 14.1. The molecular formula is C21H22F2N4O4S. The number of nitrogens with one attached hydrogen (secondary N) is 1. The average molecular weight is 464 g/mol. The fourth-order valence-corrected chi connectivity index (χ4v) is 3.32. The van der Waals surface area contributed by atoms with Gasteiger partial charge in [-0.1, -0.05) is 0 Å². The van der Waals surface area contributed by atoms with E-state index >= 15 is 0 Å². The lowest BCUT2D eigenvalue weighted by molar-refractivity contribution is 0.409. The highest BCUT2D eigenvalue weighted by Gasteiger charge is 2.30. The number of rotatable bonds is 5. The Bertz CT molecular complexity index is 1320. The van der Waals surface area contributed by atoms with Crippen molar-refractivity contribution in [3.8, 4) is 23.0 Å².